The van der Waals surface area contributed by atoms with Crippen molar-refractivity contribution in [2.75, 3.05) is 20.8 Å². The quantitative estimate of drug-likeness (QED) is 0.555. The Bertz CT molecular complexity index is 953. The molecular weight excluding hydrogens is 387 g/mol. The first-order valence-corrected chi connectivity index (χ1v) is 9.59. The molecule has 1 atom stereocenters. The van der Waals surface area contributed by atoms with Crippen LogP contribution in [0.1, 0.15) is 25.5 Å². The Labute approximate surface area is 167 Å². The van der Waals surface area contributed by atoms with Gasteiger partial charge in [0, 0.05) is 23.6 Å². The highest BCUT2D eigenvalue weighted by molar-refractivity contribution is 6.41. The van der Waals surface area contributed by atoms with Crippen molar-refractivity contribution in [1.29, 1.82) is 0 Å². The molecule has 1 saturated heterocycles. The van der Waals surface area contributed by atoms with E-state index in [9.17, 15) is 0 Å². The summed E-state index contributed by atoms with van der Waals surface area (Å²) in [6.45, 7) is 0.760. The van der Waals surface area contributed by atoms with Gasteiger partial charge in [-0.3, -0.25) is 0 Å². The zero-order chi connectivity index (χ0) is 19.0. The fourth-order valence-electron chi connectivity index (χ4n) is 3.48. The van der Waals surface area contributed by atoms with E-state index in [1.807, 2.05) is 29.1 Å². The van der Waals surface area contributed by atoms with Crippen LogP contribution in [0.15, 0.2) is 30.5 Å². The molecule has 1 unspecified atom stereocenters. The number of methoxy groups -OCH3 is 2. The Morgan fingerprint density at radius 3 is 2.44 bits per heavy atom. The van der Waals surface area contributed by atoms with Gasteiger partial charge in [-0.15, -0.1) is 0 Å². The molecule has 4 rings (SSSR count). The molecule has 0 amide bonds. The predicted octanol–water partition coefficient (Wildman–Crippen LogP) is 5.73. The second-order valence-corrected chi connectivity index (χ2v) is 7.22. The number of fused-ring (bicyclic) bond motifs is 1. The van der Waals surface area contributed by atoms with Crippen LogP contribution in [0.2, 0.25) is 10.0 Å². The summed E-state index contributed by atoms with van der Waals surface area (Å²) in [5, 5.41) is 6.47. The number of benzene rings is 2. The van der Waals surface area contributed by atoms with Crippen molar-refractivity contribution in [3.8, 4) is 22.6 Å². The minimum atomic E-state index is -0.0442. The molecule has 0 bridgehead atoms. The van der Waals surface area contributed by atoms with Gasteiger partial charge in [-0.05, 0) is 30.9 Å². The molecule has 1 fully saturated rings. The van der Waals surface area contributed by atoms with Gasteiger partial charge in [-0.25, -0.2) is 4.68 Å². The van der Waals surface area contributed by atoms with E-state index in [1.165, 1.54) is 0 Å². The zero-order valence-corrected chi connectivity index (χ0v) is 16.7. The maximum absolute atomic E-state index is 6.58. The van der Waals surface area contributed by atoms with Crippen LogP contribution in [-0.4, -0.2) is 30.6 Å². The minimum absolute atomic E-state index is 0.0442. The van der Waals surface area contributed by atoms with Gasteiger partial charge >= 0.3 is 0 Å². The third-order valence-electron chi connectivity index (χ3n) is 4.89. The molecule has 0 radical (unpaired) electrons. The van der Waals surface area contributed by atoms with Crippen LogP contribution in [0, 0.1) is 0 Å². The van der Waals surface area contributed by atoms with Crippen molar-refractivity contribution in [2.45, 2.75) is 25.5 Å². The Hall–Kier alpha value is -1.95. The molecule has 1 aliphatic rings. The number of rotatable bonds is 4. The first kappa shape index (κ1) is 18.4. The summed E-state index contributed by atoms with van der Waals surface area (Å²) in [5.74, 6) is 1.02. The van der Waals surface area contributed by atoms with E-state index in [1.54, 1.807) is 20.3 Å². The standard InChI is InChI=1S/C20H20Cl2N2O3/c1-25-15-10-16(26-2)20(22)18(19(15)21)12-6-7-13-11-23-24(14(13)9-12)17-5-3-4-8-27-17/h6-7,9-11,17H,3-5,8H2,1-2H3. The van der Waals surface area contributed by atoms with Gasteiger partial charge < -0.3 is 14.2 Å². The highest BCUT2D eigenvalue weighted by atomic mass is 35.5. The first-order chi connectivity index (χ1) is 13.1. The molecule has 3 aromatic rings. The molecule has 142 valence electrons. The molecule has 0 spiro atoms. The van der Waals surface area contributed by atoms with Gasteiger partial charge in [0.25, 0.3) is 0 Å². The van der Waals surface area contributed by atoms with Crippen molar-refractivity contribution >= 4 is 34.1 Å². The normalized spacial score (nSPS) is 17.3. The molecule has 0 N–H and O–H groups in total. The third-order valence-corrected chi connectivity index (χ3v) is 5.64. The smallest absolute Gasteiger partial charge is 0.150 e. The molecule has 0 saturated carbocycles. The molecule has 2 aromatic carbocycles. The van der Waals surface area contributed by atoms with Gasteiger partial charge in [-0.1, -0.05) is 35.3 Å². The predicted molar refractivity (Wildman–Crippen MR) is 107 cm³/mol. The van der Waals surface area contributed by atoms with E-state index in [0.717, 1.165) is 42.3 Å². The van der Waals surface area contributed by atoms with Crippen molar-refractivity contribution in [3.63, 3.8) is 0 Å². The number of hydrogen-bond donors (Lipinski definition) is 0. The SMILES string of the molecule is COc1cc(OC)c(Cl)c(-c2ccc3cnn(C4CCCCO4)c3c2)c1Cl. The van der Waals surface area contributed by atoms with Gasteiger partial charge in [0.1, 0.15) is 11.5 Å². The summed E-state index contributed by atoms with van der Waals surface area (Å²) in [6.07, 6.45) is 4.99. The van der Waals surface area contributed by atoms with Crippen molar-refractivity contribution in [1.82, 2.24) is 9.78 Å². The molecule has 5 nitrogen and oxygen atoms in total. The first-order valence-electron chi connectivity index (χ1n) is 8.83. The highest BCUT2D eigenvalue weighted by Gasteiger charge is 2.21. The summed E-state index contributed by atoms with van der Waals surface area (Å²) in [4.78, 5) is 0. The van der Waals surface area contributed by atoms with Crippen LogP contribution in [0.5, 0.6) is 11.5 Å². The molecule has 1 aromatic heterocycles. The van der Waals surface area contributed by atoms with Crippen LogP contribution in [0.4, 0.5) is 0 Å². The van der Waals surface area contributed by atoms with Crippen molar-refractivity contribution in [2.24, 2.45) is 0 Å². The van der Waals surface area contributed by atoms with Gasteiger partial charge in [0.15, 0.2) is 6.23 Å². The van der Waals surface area contributed by atoms with Crippen LogP contribution in [0.25, 0.3) is 22.0 Å². The maximum atomic E-state index is 6.58. The molecule has 2 heterocycles. The summed E-state index contributed by atoms with van der Waals surface area (Å²) in [5.41, 5.74) is 2.52. The number of ether oxygens (including phenoxy) is 3. The number of nitrogens with zero attached hydrogens (tertiary/aromatic N) is 2. The van der Waals surface area contributed by atoms with Crippen LogP contribution in [-0.2, 0) is 4.74 Å². The average Bonchev–Trinajstić information content (AvgIpc) is 3.12. The maximum Gasteiger partial charge on any atom is 0.150 e. The summed E-state index contributed by atoms with van der Waals surface area (Å²) in [7, 11) is 3.13. The Kier molecular flexibility index (Phi) is 5.17. The van der Waals surface area contributed by atoms with Crippen LogP contribution >= 0.6 is 23.2 Å². The van der Waals surface area contributed by atoms with E-state index >= 15 is 0 Å². The number of halogens is 2. The molecule has 1 aliphatic heterocycles. The topological polar surface area (TPSA) is 45.5 Å². The number of aromatic nitrogens is 2. The lowest BCUT2D eigenvalue weighted by atomic mass is 10.0. The van der Waals surface area contributed by atoms with Gasteiger partial charge in [-0.2, -0.15) is 5.10 Å². The lowest BCUT2D eigenvalue weighted by Gasteiger charge is -2.23. The van der Waals surface area contributed by atoms with Crippen LogP contribution in [0.3, 0.4) is 0 Å². The number of hydrogen-bond acceptors (Lipinski definition) is 4. The van der Waals surface area contributed by atoms with Gasteiger partial charge in [0.05, 0.1) is 36.0 Å². The molecule has 0 aliphatic carbocycles. The van der Waals surface area contributed by atoms with Crippen LogP contribution < -0.4 is 9.47 Å². The third kappa shape index (κ3) is 3.24. The second-order valence-electron chi connectivity index (χ2n) is 6.47. The fraction of sp³-hybridized carbons (Fsp3) is 0.350. The van der Waals surface area contributed by atoms with E-state index in [4.69, 9.17) is 37.4 Å². The van der Waals surface area contributed by atoms with Crippen molar-refractivity contribution < 1.29 is 14.2 Å². The Balaban J connectivity index is 1.87. The van der Waals surface area contributed by atoms with E-state index in [0.29, 0.717) is 27.1 Å². The zero-order valence-electron chi connectivity index (χ0n) is 15.2. The molecular formula is C20H20Cl2N2O3. The lowest BCUT2D eigenvalue weighted by molar-refractivity contribution is -0.0366. The molecule has 7 heteroatoms. The monoisotopic (exact) mass is 406 g/mol. The minimum Gasteiger partial charge on any atom is -0.495 e. The average molecular weight is 407 g/mol. The largest absolute Gasteiger partial charge is 0.495 e. The fourth-order valence-corrected chi connectivity index (χ4v) is 4.20. The Morgan fingerprint density at radius 2 is 1.81 bits per heavy atom. The van der Waals surface area contributed by atoms with E-state index in [-0.39, 0.29) is 6.23 Å². The summed E-state index contributed by atoms with van der Waals surface area (Å²) in [6, 6.07) is 7.71. The molecule has 27 heavy (non-hydrogen) atoms. The van der Waals surface area contributed by atoms with E-state index in [2.05, 4.69) is 5.10 Å². The van der Waals surface area contributed by atoms with Crippen molar-refractivity contribution in [3.05, 3.63) is 40.5 Å². The van der Waals surface area contributed by atoms with Gasteiger partial charge in [0.2, 0.25) is 0 Å². The highest BCUT2D eigenvalue weighted by Crippen LogP contribution is 2.46. The van der Waals surface area contributed by atoms with E-state index < -0.39 is 0 Å². The lowest BCUT2D eigenvalue weighted by Crippen LogP contribution is -2.18. The summed E-state index contributed by atoms with van der Waals surface area (Å²) >= 11 is 13.2. The summed E-state index contributed by atoms with van der Waals surface area (Å²) < 4.78 is 18.6. The second kappa shape index (κ2) is 7.58. The Morgan fingerprint density at radius 1 is 1.07 bits per heavy atom.